The molecule has 0 aromatic rings. The van der Waals surface area contributed by atoms with Crippen LogP contribution in [0.15, 0.2) is 0 Å². The van der Waals surface area contributed by atoms with Crippen molar-refractivity contribution in [1.29, 1.82) is 0 Å². The number of halogens is 1. The van der Waals surface area contributed by atoms with Crippen molar-refractivity contribution in [2.24, 2.45) is 0 Å². The molecule has 2 bridgehead atoms. The van der Waals surface area contributed by atoms with Gasteiger partial charge in [-0.05, 0) is 0 Å². The van der Waals surface area contributed by atoms with Gasteiger partial charge in [0.25, 0.3) is 0 Å². The minimum absolute atomic E-state index is 0.411. The molecular formula is C8H13BrHgO2. The first-order chi connectivity index (χ1) is 5.90. The molecule has 2 nitrogen and oxygen atoms in total. The van der Waals surface area contributed by atoms with Crippen LogP contribution in [0.4, 0.5) is 0 Å². The average molecular weight is 422 g/mol. The van der Waals surface area contributed by atoms with Crippen LogP contribution in [-0.4, -0.2) is 12.2 Å². The van der Waals surface area contributed by atoms with Crippen molar-refractivity contribution in [3.05, 3.63) is 0 Å². The SMILES string of the molecule is [Br][Hg][C@@H]1CCC[C@@H]2CC[C@H]1OO2. The molecule has 1 aliphatic carbocycles. The zero-order valence-corrected chi connectivity index (χ0v) is 14.3. The van der Waals surface area contributed by atoms with E-state index >= 15 is 0 Å². The van der Waals surface area contributed by atoms with Gasteiger partial charge in [0.15, 0.2) is 0 Å². The molecule has 2 heterocycles. The average Bonchev–Trinajstić information content (AvgIpc) is 2.06. The van der Waals surface area contributed by atoms with Crippen LogP contribution in [-0.2, 0) is 31.9 Å². The molecule has 0 spiro atoms. The van der Waals surface area contributed by atoms with Gasteiger partial charge in [-0.2, -0.15) is 0 Å². The zero-order valence-electron chi connectivity index (χ0n) is 7.17. The fourth-order valence-corrected chi connectivity index (χ4v) is 12.3. The van der Waals surface area contributed by atoms with E-state index in [-0.39, 0.29) is 0 Å². The van der Waals surface area contributed by atoms with E-state index in [4.69, 9.17) is 9.78 Å². The van der Waals surface area contributed by atoms with Crippen LogP contribution in [0.1, 0.15) is 32.1 Å². The Morgan fingerprint density at radius 1 is 1.08 bits per heavy atom. The third-order valence-electron chi connectivity index (χ3n) is 2.91. The minimum atomic E-state index is -0.782. The summed E-state index contributed by atoms with van der Waals surface area (Å²) in [5.41, 5.74) is 0. The monoisotopic (exact) mass is 422 g/mol. The molecule has 0 unspecified atom stereocenters. The van der Waals surface area contributed by atoms with Gasteiger partial charge in [-0.15, -0.1) is 0 Å². The quantitative estimate of drug-likeness (QED) is 0.479. The molecule has 2 saturated heterocycles. The molecule has 0 radical (unpaired) electrons. The first-order valence-electron chi connectivity index (χ1n) is 4.78. The Bertz CT molecular complexity index is 142. The van der Waals surface area contributed by atoms with E-state index in [2.05, 4.69) is 11.9 Å². The molecule has 0 N–H and O–H groups in total. The summed E-state index contributed by atoms with van der Waals surface area (Å²) >= 11 is 2.97. The van der Waals surface area contributed by atoms with Crippen LogP contribution in [0, 0.1) is 0 Å². The van der Waals surface area contributed by atoms with Crippen molar-refractivity contribution in [1.82, 2.24) is 0 Å². The Balaban J connectivity index is 1.98. The van der Waals surface area contributed by atoms with E-state index in [0.29, 0.717) is 12.2 Å². The molecule has 3 fully saturated rings. The fourth-order valence-electron chi connectivity index (χ4n) is 2.07. The molecule has 12 heavy (non-hydrogen) atoms. The normalized spacial score (nSPS) is 41.6. The summed E-state index contributed by atoms with van der Waals surface area (Å²) in [6, 6.07) is 0. The molecule has 3 aliphatic rings. The van der Waals surface area contributed by atoms with Gasteiger partial charge in [-0.3, -0.25) is 0 Å². The van der Waals surface area contributed by atoms with Crippen molar-refractivity contribution >= 4 is 11.9 Å². The third kappa shape index (κ3) is 2.22. The first-order valence-corrected chi connectivity index (χ1v) is 19.9. The summed E-state index contributed by atoms with van der Waals surface area (Å²) in [5.74, 6) is 0. The van der Waals surface area contributed by atoms with Crippen molar-refractivity contribution in [3.63, 3.8) is 0 Å². The first kappa shape index (κ1) is 9.87. The van der Waals surface area contributed by atoms with E-state index in [0.717, 1.165) is 3.43 Å². The number of hydrogen-bond donors (Lipinski definition) is 0. The second kappa shape index (κ2) is 4.71. The number of hydrogen-bond acceptors (Lipinski definition) is 2. The van der Waals surface area contributed by atoms with Crippen LogP contribution in [0.2, 0.25) is 3.43 Å². The topological polar surface area (TPSA) is 18.5 Å². The molecule has 1 saturated carbocycles. The van der Waals surface area contributed by atoms with Gasteiger partial charge in [0, 0.05) is 0 Å². The molecule has 0 amide bonds. The van der Waals surface area contributed by atoms with Gasteiger partial charge < -0.3 is 0 Å². The van der Waals surface area contributed by atoms with Gasteiger partial charge in [0.1, 0.15) is 0 Å². The van der Waals surface area contributed by atoms with Gasteiger partial charge in [-0.1, -0.05) is 0 Å². The van der Waals surface area contributed by atoms with Crippen molar-refractivity contribution in [2.45, 2.75) is 47.7 Å². The summed E-state index contributed by atoms with van der Waals surface area (Å²) in [5, 5.41) is 0. The summed E-state index contributed by atoms with van der Waals surface area (Å²) < 4.78 is 0.881. The van der Waals surface area contributed by atoms with Crippen LogP contribution >= 0.6 is 11.9 Å². The molecule has 66 valence electrons. The van der Waals surface area contributed by atoms with Gasteiger partial charge in [0.05, 0.1) is 0 Å². The maximum atomic E-state index is 5.41. The molecule has 3 rings (SSSR count). The standard InChI is InChI=1S/C8H13O2.BrH.Hg/c1-2-4-8-6-5-7(3-1)9-10-8;;/h3,7-8H,1-2,4-6H2;1H;/q;;+1/p-1/t7-,8+;;/m0../s1. The Kier molecular flexibility index (Phi) is 3.88. The fraction of sp³-hybridized carbons (Fsp3) is 1.00. The molecule has 0 aromatic heterocycles. The molecule has 3 atom stereocenters. The van der Waals surface area contributed by atoms with Crippen molar-refractivity contribution in [3.8, 4) is 0 Å². The molecular weight excluding hydrogens is 409 g/mol. The molecule has 4 heteroatoms. The summed E-state index contributed by atoms with van der Waals surface area (Å²) in [4.78, 5) is 10.7. The van der Waals surface area contributed by atoms with Crippen LogP contribution < -0.4 is 0 Å². The van der Waals surface area contributed by atoms with Gasteiger partial charge in [0.2, 0.25) is 0 Å². The van der Waals surface area contributed by atoms with Crippen molar-refractivity contribution in [2.75, 3.05) is 0 Å². The molecule has 0 aromatic carbocycles. The second-order valence-corrected chi connectivity index (χ2v) is 14.7. The number of rotatable bonds is 1. The van der Waals surface area contributed by atoms with Gasteiger partial charge >= 0.3 is 91.6 Å². The van der Waals surface area contributed by atoms with Crippen LogP contribution in [0.5, 0.6) is 0 Å². The van der Waals surface area contributed by atoms with Crippen LogP contribution in [0.3, 0.4) is 0 Å². The summed E-state index contributed by atoms with van der Waals surface area (Å²) in [6.07, 6.45) is 7.27. The maximum absolute atomic E-state index is 5.41. The van der Waals surface area contributed by atoms with Gasteiger partial charge in [-0.25, -0.2) is 0 Å². The zero-order chi connectivity index (χ0) is 8.39. The predicted molar refractivity (Wildman–Crippen MR) is 45.5 cm³/mol. The van der Waals surface area contributed by atoms with E-state index < -0.39 is 22.1 Å². The van der Waals surface area contributed by atoms with E-state index in [9.17, 15) is 0 Å². The summed E-state index contributed by atoms with van der Waals surface area (Å²) in [7, 11) is 0. The Hall–Kier alpha value is 1.34. The summed E-state index contributed by atoms with van der Waals surface area (Å²) in [6.45, 7) is 0. The van der Waals surface area contributed by atoms with Crippen LogP contribution in [0.25, 0.3) is 0 Å². The van der Waals surface area contributed by atoms with Crippen molar-refractivity contribution < 1.29 is 31.9 Å². The number of fused-ring (bicyclic) bond motifs is 5. The predicted octanol–water partition coefficient (Wildman–Crippen LogP) is 2.83. The third-order valence-corrected chi connectivity index (χ3v) is 15.4. The Morgan fingerprint density at radius 2 is 2.00 bits per heavy atom. The Morgan fingerprint density at radius 3 is 2.67 bits per heavy atom. The van der Waals surface area contributed by atoms with E-state index in [1.807, 2.05) is 0 Å². The molecule has 2 aliphatic heterocycles. The van der Waals surface area contributed by atoms with E-state index in [1.54, 1.807) is 0 Å². The van der Waals surface area contributed by atoms with E-state index in [1.165, 1.54) is 32.1 Å². The Labute approximate surface area is 91.0 Å². The second-order valence-electron chi connectivity index (χ2n) is 3.78.